The van der Waals surface area contributed by atoms with Crippen LogP contribution in [-0.2, 0) is 4.79 Å². The smallest absolute Gasteiger partial charge is 0.160 e. The second-order valence-electron chi connectivity index (χ2n) is 4.96. The summed E-state index contributed by atoms with van der Waals surface area (Å²) in [6.07, 6.45) is 1.70. The van der Waals surface area contributed by atoms with Crippen molar-refractivity contribution in [3.8, 4) is 0 Å². The van der Waals surface area contributed by atoms with Gasteiger partial charge >= 0.3 is 0 Å². The molecule has 0 saturated heterocycles. The number of halogens is 2. The molecule has 1 N–H and O–H groups in total. The highest BCUT2D eigenvalue weighted by Gasteiger charge is 2.30. The molecule has 1 aliphatic heterocycles. The van der Waals surface area contributed by atoms with Crippen LogP contribution in [0.2, 0.25) is 10.0 Å². The van der Waals surface area contributed by atoms with Crippen LogP contribution < -0.4 is 5.32 Å². The molecule has 0 aliphatic carbocycles. The minimum absolute atomic E-state index is 0.00257. The van der Waals surface area contributed by atoms with Gasteiger partial charge in [-0.15, -0.1) is 0 Å². The van der Waals surface area contributed by atoms with E-state index < -0.39 is 0 Å². The molecule has 1 unspecified atom stereocenters. The number of rotatable bonds is 2. The maximum Gasteiger partial charge on any atom is 0.160 e. The molecule has 108 valence electrons. The molecule has 1 aromatic heterocycles. The van der Waals surface area contributed by atoms with Crippen molar-refractivity contribution in [2.45, 2.75) is 19.9 Å². The quantitative estimate of drug-likeness (QED) is 0.907. The zero-order chi connectivity index (χ0) is 15.1. The normalized spacial score (nSPS) is 17.4. The number of nitrogens with zero attached hydrogens (tertiary/aromatic N) is 2. The van der Waals surface area contributed by atoms with Crippen LogP contribution in [0.15, 0.2) is 41.7 Å². The lowest BCUT2D eigenvalue weighted by Gasteiger charge is -2.29. The highest BCUT2D eigenvalue weighted by Crippen LogP contribution is 2.37. The van der Waals surface area contributed by atoms with Crippen molar-refractivity contribution in [3.63, 3.8) is 0 Å². The molecular formula is C15H13Cl2N3O. The average molecular weight is 322 g/mol. The predicted octanol–water partition coefficient (Wildman–Crippen LogP) is 4.07. The van der Waals surface area contributed by atoms with Gasteiger partial charge in [-0.2, -0.15) is 5.10 Å². The van der Waals surface area contributed by atoms with Gasteiger partial charge in [0, 0.05) is 17.3 Å². The van der Waals surface area contributed by atoms with E-state index in [1.807, 2.05) is 19.1 Å². The topological polar surface area (TPSA) is 46.9 Å². The van der Waals surface area contributed by atoms with Crippen LogP contribution in [-0.4, -0.2) is 15.6 Å². The first kappa shape index (κ1) is 14.2. The molecule has 4 nitrogen and oxygen atoms in total. The Labute approximate surface area is 132 Å². The number of carbonyl (C=O) groups is 1. The molecule has 1 aromatic carbocycles. The van der Waals surface area contributed by atoms with E-state index in [1.54, 1.807) is 29.9 Å². The summed E-state index contributed by atoms with van der Waals surface area (Å²) in [5.41, 5.74) is 2.37. The summed E-state index contributed by atoms with van der Waals surface area (Å²) in [6.45, 7) is 3.44. The summed E-state index contributed by atoms with van der Waals surface area (Å²) in [5.74, 6) is 0.839. The summed E-state index contributed by atoms with van der Waals surface area (Å²) >= 11 is 12.1. The molecule has 2 aromatic rings. The minimum Gasteiger partial charge on any atom is -0.344 e. The fourth-order valence-electron chi connectivity index (χ4n) is 2.65. The minimum atomic E-state index is -0.302. The fourth-order valence-corrected chi connectivity index (χ4v) is 2.96. The molecule has 21 heavy (non-hydrogen) atoms. The Morgan fingerprint density at radius 1 is 1.29 bits per heavy atom. The van der Waals surface area contributed by atoms with Gasteiger partial charge in [-0.05, 0) is 31.5 Å². The first-order valence-corrected chi connectivity index (χ1v) is 7.22. The summed E-state index contributed by atoms with van der Waals surface area (Å²) in [7, 11) is 0. The number of benzene rings is 1. The number of ketones is 1. The van der Waals surface area contributed by atoms with E-state index in [0.717, 1.165) is 17.1 Å². The summed E-state index contributed by atoms with van der Waals surface area (Å²) < 4.78 is 1.78. The van der Waals surface area contributed by atoms with Gasteiger partial charge in [0.05, 0.1) is 16.2 Å². The molecule has 6 heteroatoms. The molecule has 0 radical (unpaired) electrons. The molecule has 2 heterocycles. The van der Waals surface area contributed by atoms with E-state index in [-0.39, 0.29) is 11.8 Å². The van der Waals surface area contributed by atoms with Crippen LogP contribution in [0.5, 0.6) is 0 Å². The predicted molar refractivity (Wildman–Crippen MR) is 83.8 cm³/mol. The van der Waals surface area contributed by atoms with Crippen LogP contribution in [0.1, 0.15) is 25.5 Å². The molecule has 0 fully saturated rings. The Kier molecular flexibility index (Phi) is 3.51. The van der Waals surface area contributed by atoms with E-state index in [2.05, 4.69) is 10.4 Å². The first-order chi connectivity index (χ1) is 9.99. The lowest BCUT2D eigenvalue weighted by molar-refractivity contribution is -0.114. The molecule has 0 saturated carbocycles. The maximum atomic E-state index is 12.1. The van der Waals surface area contributed by atoms with Crippen molar-refractivity contribution in [2.75, 3.05) is 5.32 Å². The third-order valence-electron chi connectivity index (χ3n) is 3.55. The monoisotopic (exact) mass is 321 g/mol. The van der Waals surface area contributed by atoms with Crippen LogP contribution in [0.3, 0.4) is 0 Å². The van der Waals surface area contributed by atoms with Gasteiger partial charge < -0.3 is 5.32 Å². The maximum absolute atomic E-state index is 12.1. The van der Waals surface area contributed by atoms with E-state index >= 15 is 0 Å². The third kappa shape index (κ3) is 2.34. The Morgan fingerprint density at radius 3 is 2.71 bits per heavy atom. The Balaban J connectivity index is 2.21. The van der Waals surface area contributed by atoms with E-state index in [0.29, 0.717) is 15.6 Å². The zero-order valence-corrected chi connectivity index (χ0v) is 13.0. The molecule has 1 atom stereocenters. The van der Waals surface area contributed by atoms with E-state index in [4.69, 9.17) is 23.2 Å². The zero-order valence-electron chi connectivity index (χ0n) is 11.5. The lowest BCUT2D eigenvalue weighted by Crippen LogP contribution is -2.27. The van der Waals surface area contributed by atoms with Crippen molar-refractivity contribution in [3.05, 3.63) is 57.3 Å². The molecule has 0 amide bonds. The number of hydrogen-bond donors (Lipinski definition) is 1. The van der Waals surface area contributed by atoms with E-state index in [1.165, 1.54) is 0 Å². The van der Waals surface area contributed by atoms with Gasteiger partial charge in [-0.25, -0.2) is 4.68 Å². The second kappa shape index (κ2) is 5.20. The van der Waals surface area contributed by atoms with Gasteiger partial charge in [-0.3, -0.25) is 4.79 Å². The Morgan fingerprint density at radius 2 is 2.05 bits per heavy atom. The van der Waals surface area contributed by atoms with E-state index in [9.17, 15) is 4.79 Å². The summed E-state index contributed by atoms with van der Waals surface area (Å²) in [4.78, 5) is 12.1. The van der Waals surface area contributed by atoms with Crippen molar-refractivity contribution in [1.82, 2.24) is 9.78 Å². The third-order valence-corrected chi connectivity index (χ3v) is 4.29. The number of hydrogen-bond acceptors (Lipinski definition) is 3. The number of anilines is 1. The Hall–Kier alpha value is -1.78. The SMILES string of the molecule is CC(=O)C1=C(C)Nc2ccnn2C1c1ccc(Cl)c(Cl)c1. The van der Waals surface area contributed by atoms with Crippen molar-refractivity contribution in [1.29, 1.82) is 0 Å². The van der Waals surface area contributed by atoms with Gasteiger partial charge in [0.25, 0.3) is 0 Å². The number of nitrogens with one attached hydrogen (secondary N) is 1. The number of aromatic nitrogens is 2. The molecule has 0 spiro atoms. The lowest BCUT2D eigenvalue weighted by atomic mass is 9.93. The standard InChI is InChI=1S/C15H13Cl2N3O/c1-8-14(9(2)21)15(20-13(19-8)5-6-18-20)10-3-4-11(16)12(17)7-10/h3-7,15,19H,1-2H3. The number of Topliss-reactive ketones (excluding diaryl/α,β-unsaturated/α-hetero) is 1. The van der Waals surface area contributed by atoms with Gasteiger partial charge in [0.15, 0.2) is 5.78 Å². The summed E-state index contributed by atoms with van der Waals surface area (Å²) in [6, 6.07) is 6.94. The van der Waals surface area contributed by atoms with Crippen molar-refractivity contribution >= 4 is 34.8 Å². The molecule has 3 rings (SSSR count). The van der Waals surface area contributed by atoms with Gasteiger partial charge in [0.2, 0.25) is 0 Å². The fraction of sp³-hybridized carbons (Fsp3) is 0.200. The van der Waals surface area contributed by atoms with Crippen LogP contribution >= 0.6 is 23.2 Å². The van der Waals surface area contributed by atoms with Crippen LogP contribution in [0.25, 0.3) is 0 Å². The first-order valence-electron chi connectivity index (χ1n) is 6.46. The second-order valence-corrected chi connectivity index (χ2v) is 5.77. The number of fused-ring (bicyclic) bond motifs is 1. The largest absolute Gasteiger partial charge is 0.344 e. The average Bonchev–Trinajstić information content (AvgIpc) is 2.87. The highest BCUT2D eigenvalue weighted by molar-refractivity contribution is 6.42. The van der Waals surface area contributed by atoms with Crippen molar-refractivity contribution < 1.29 is 4.79 Å². The number of carbonyl (C=O) groups excluding carboxylic acids is 1. The van der Waals surface area contributed by atoms with Crippen LogP contribution in [0, 0.1) is 0 Å². The van der Waals surface area contributed by atoms with Gasteiger partial charge in [0.1, 0.15) is 11.9 Å². The van der Waals surface area contributed by atoms with Gasteiger partial charge in [-0.1, -0.05) is 29.3 Å². The highest BCUT2D eigenvalue weighted by atomic mass is 35.5. The Bertz CT molecular complexity index is 764. The molecule has 0 bridgehead atoms. The summed E-state index contributed by atoms with van der Waals surface area (Å²) in [5, 5.41) is 8.47. The molecule has 1 aliphatic rings. The molecular weight excluding hydrogens is 309 g/mol. The van der Waals surface area contributed by atoms with Crippen molar-refractivity contribution in [2.24, 2.45) is 0 Å². The number of allylic oxidation sites excluding steroid dienone is 2. The van der Waals surface area contributed by atoms with Crippen LogP contribution in [0.4, 0.5) is 5.82 Å².